The van der Waals surface area contributed by atoms with E-state index in [2.05, 4.69) is 0 Å². The van der Waals surface area contributed by atoms with E-state index in [1.54, 1.807) is 13.8 Å². The summed E-state index contributed by atoms with van der Waals surface area (Å²) in [5.74, 6) is -0.390. The van der Waals surface area contributed by atoms with Gasteiger partial charge in [0.15, 0.2) is 5.78 Å². The first kappa shape index (κ1) is 14.6. The highest BCUT2D eigenvalue weighted by Crippen LogP contribution is 2.48. The second-order valence-corrected chi connectivity index (χ2v) is 5.91. The summed E-state index contributed by atoms with van der Waals surface area (Å²) in [6.45, 7) is 8.43. The van der Waals surface area contributed by atoms with Gasteiger partial charge < -0.3 is 20.1 Å². The second kappa shape index (κ2) is 3.51. The van der Waals surface area contributed by atoms with Gasteiger partial charge in [-0.25, -0.2) is 0 Å². The molecule has 1 aliphatic rings. The van der Waals surface area contributed by atoms with Gasteiger partial charge in [0.2, 0.25) is 0 Å². The Morgan fingerprint density at radius 3 is 1.76 bits per heavy atom. The summed E-state index contributed by atoms with van der Waals surface area (Å²) in [5, 5.41) is 31.2. The van der Waals surface area contributed by atoms with Crippen molar-refractivity contribution in [2.75, 3.05) is 0 Å². The molecule has 5 heteroatoms. The normalized spacial score (nSPS) is 50.1. The molecule has 1 aliphatic heterocycles. The number of hydrogen-bond acceptors (Lipinski definition) is 5. The van der Waals surface area contributed by atoms with E-state index >= 15 is 0 Å². The van der Waals surface area contributed by atoms with E-state index in [9.17, 15) is 20.1 Å². The summed E-state index contributed by atoms with van der Waals surface area (Å²) < 4.78 is 5.49. The minimum atomic E-state index is -1.88. The van der Waals surface area contributed by atoms with Crippen LogP contribution in [-0.4, -0.2) is 49.6 Å². The molecule has 100 valence electrons. The van der Waals surface area contributed by atoms with Gasteiger partial charge in [0, 0.05) is 0 Å². The maximum atomic E-state index is 11.5. The Kier molecular flexibility index (Phi) is 3.01. The molecule has 0 bridgehead atoms. The molecule has 0 aromatic rings. The van der Waals surface area contributed by atoms with Crippen LogP contribution in [0.25, 0.3) is 0 Å². The molecule has 0 spiro atoms. The fraction of sp³-hybridized carbons (Fsp3) is 0.917. The van der Waals surface area contributed by atoms with Gasteiger partial charge in [-0.05, 0) is 41.5 Å². The number of ether oxygens (including phenoxy) is 1. The van der Waals surface area contributed by atoms with Crippen LogP contribution in [0.2, 0.25) is 0 Å². The third-order valence-corrected chi connectivity index (χ3v) is 4.40. The van der Waals surface area contributed by atoms with Gasteiger partial charge in [-0.15, -0.1) is 0 Å². The van der Waals surface area contributed by atoms with Crippen LogP contribution in [0, 0.1) is 0 Å². The van der Waals surface area contributed by atoms with Gasteiger partial charge in [-0.3, -0.25) is 4.79 Å². The van der Waals surface area contributed by atoms with Crippen LogP contribution in [0.15, 0.2) is 0 Å². The lowest BCUT2D eigenvalue weighted by Gasteiger charge is -2.60. The van der Waals surface area contributed by atoms with Crippen molar-refractivity contribution >= 4 is 5.78 Å². The van der Waals surface area contributed by atoms with Crippen LogP contribution in [-0.2, 0) is 9.53 Å². The molecule has 4 atom stereocenters. The number of aliphatic hydroxyl groups is 3. The molecule has 0 radical (unpaired) electrons. The molecule has 0 saturated carbocycles. The fourth-order valence-corrected chi connectivity index (χ4v) is 2.34. The molecule has 1 heterocycles. The quantitative estimate of drug-likeness (QED) is 0.606. The highest BCUT2D eigenvalue weighted by molar-refractivity contribution is 5.82. The van der Waals surface area contributed by atoms with Crippen LogP contribution in [0.3, 0.4) is 0 Å². The monoisotopic (exact) mass is 246 g/mol. The summed E-state index contributed by atoms with van der Waals surface area (Å²) in [6.07, 6.45) is -1.17. The third kappa shape index (κ3) is 1.64. The first-order valence-electron chi connectivity index (χ1n) is 5.64. The van der Waals surface area contributed by atoms with E-state index in [0.29, 0.717) is 0 Å². The second-order valence-electron chi connectivity index (χ2n) is 5.91. The predicted octanol–water partition coefficient (Wildman–Crippen LogP) is 0.00580. The van der Waals surface area contributed by atoms with Crippen molar-refractivity contribution < 1.29 is 24.9 Å². The van der Waals surface area contributed by atoms with E-state index in [1.807, 2.05) is 0 Å². The topological polar surface area (TPSA) is 87.0 Å². The molecular formula is C12H22O5. The van der Waals surface area contributed by atoms with E-state index in [0.717, 1.165) is 0 Å². The van der Waals surface area contributed by atoms with E-state index < -0.39 is 28.5 Å². The Hall–Kier alpha value is -0.490. The van der Waals surface area contributed by atoms with E-state index in [-0.39, 0.29) is 5.78 Å². The lowest BCUT2D eigenvalue weighted by molar-refractivity contribution is -0.357. The van der Waals surface area contributed by atoms with Crippen molar-refractivity contribution in [2.45, 2.75) is 70.1 Å². The molecule has 0 aromatic carbocycles. The number of rotatable bonds is 1. The van der Waals surface area contributed by atoms with Crippen LogP contribution in [0.5, 0.6) is 0 Å². The maximum Gasteiger partial charge on any atom is 0.161 e. The largest absolute Gasteiger partial charge is 0.384 e. The number of carbonyl (C=O) groups excluding carboxylic acids is 1. The molecule has 0 amide bonds. The van der Waals surface area contributed by atoms with Gasteiger partial charge in [0.05, 0.1) is 5.60 Å². The zero-order valence-electron chi connectivity index (χ0n) is 11.2. The first-order valence-corrected chi connectivity index (χ1v) is 5.64. The average molecular weight is 246 g/mol. The SMILES string of the molecule is CC(=O)C1OC(C)(C)C(C)(O)C(C)(O)C1(C)O. The van der Waals surface area contributed by atoms with Crippen molar-refractivity contribution in [3.8, 4) is 0 Å². The Morgan fingerprint density at radius 2 is 1.41 bits per heavy atom. The molecule has 4 unspecified atom stereocenters. The third-order valence-electron chi connectivity index (χ3n) is 4.40. The lowest BCUT2D eigenvalue weighted by atomic mass is 9.62. The van der Waals surface area contributed by atoms with E-state index in [4.69, 9.17) is 4.74 Å². The zero-order valence-corrected chi connectivity index (χ0v) is 11.2. The summed E-state index contributed by atoms with van der Waals surface area (Å²) in [6, 6.07) is 0. The summed E-state index contributed by atoms with van der Waals surface area (Å²) in [4.78, 5) is 11.5. The van der Waals surface area contributed by atoms with Crippen LogP contribution in [0.4, 0.5) is 0 Å². The van der Waals surface area contributed by atoms with Gasteiger partial charge in [0.1, 0.15) is 22.9 Å². The van der Waals surface area contributed by atoms with Crippen molar-refractivity contribution in [3.05, 3.63) is 0 Å². The van der Waals surface area contributed by atoms with Gasteiger partial charge in [-0.1, -0.05) is 0 Å². The van der Waals surface area contributed by atoms with Gasteiger partial charge in [0.25, 0.3) is 0 Å². The Labute approximate surface area is 101 Å². The minimum absolute atomic E-state index is 0.390. The average Bonchev–Trinajstić information content (AvgIpc) is 2.11. The van der Waals surface area contributed by atoms with Crippen LogP contribution < -0.4 is 0 Å². The standard InChI is InChI=1S/C12H22O5/c1-7(13)8-10(4,14)12(6,16)11(5,15)9(2,3)17-8/h8,14-16H,1-6H3. The molecule has 1 saturated heterocycles. The smallest absolute Gasteiger partial charge is 0.161 e. The predicted molar refractivity (Wildman–Crippen MR) is 61.5 cm³/mol. The molecule has 3 N–H and O–H groups in total. The number of Topliss-reactive ketones (excluding diaryl/α,β-unsaturated/α-hetero) is 1. The lowest BCUT2D eigenvalue weighted by Crippen LogP contribution is -2.80. The highest BCUT2D eigenvalue weighted by atomic mass is 16.6. The van der Waals surface area contributed by atoms with Crippen molar-refractivity contribution in [1.82, 2.24) is 0 Å². The number of carbonyl (C=O) groups is 1. The van der Waals surface area contributed by atoms with Crippen molar-refractivity contribution in [1.29, 1.82) is 0 Å². The molecule has 0 aromatic heterocycles. The summed E-state index contributed by atoms with van der Waals surface area (Å²) in [5.41, 5.74) is -6.60. The molecule has 0 aliphatic carbocycles. The molecule has 1 rings (SSSR count). The van der Waals surface area contributed by atoms with Crippen LogP contribution >= 0.6 is 0 Å². The van der Waals surface area contributed by atoms with Gasteiger partial charge >= 0.3 is 0 Å². The summed E-state index contributed by atoms with van der Waals surface area (Å²) >= 11 is 0. The highest BCUT2D eigenvalue weighted by Gasteiger charge is 2.69. The van der Waals surface area contributed by atoms with Crippen molar-refractivity contribution in [3.63, 3.8) is 0 Å². The fourth-order valence-electron chi connectivity index (χ4n) is 2.34. The Bertz CT molecular complexity index is 341. The zero-order chi connectivity index (χ0) is 13.9. The molecule has 1 fully saturated rings. The molecule has 17 heavy (non-hydrogen) atoms. The Balaban J connectivity index is 3.39. The Morgan fingerprint density at radius 1 is 1.00 bits per heavy atom. The maximum absolute atomic E-state index is 11.5. The first-order chi connectivity index (χ1) is 7.29. The van der Waals surface area contributed by atoms with Gasteiger partial charge in [-0.2, -0.15) is 0 Å². The summed E-state index contributed by atoms with van der Waals surface area (Å²) in [7, 11) is 0. The number of ketones is 1. The van der Waals surface area contributed by atoms with Crippen LogP contribution in [0.1, 0.15) is 41.5 Å². The number of hydrogen-bond donors (Lipinski definition) is 3. The van der Waals surface area contributed by atoms with E-state index in [1.165, 1.54) is 27.7 Å². The van der Waals surface area contributed by atoms with Crippen molar-refractivity contribution in [2.24, 2.45) is 0 Å². The minimum Gasteiger partial charge on any atom is -0.384 e. The molecular weight excluding hydrogens is 224 g/mol. The molecule has 5 nitrogen and oxygen atoms in total.